The molecule has 0 N–H and O–H groups in total. The van der Waals surface area contributed by atoms with E-state index in [2.05, 4.69) is 25.7 Å². The van der Waals surface area contributed by atoms with Gasteiger partial charge in [0, 0.05) is 16.5 Å². The lowest BCUT2D eigenvalue weighted by atomic mass is 10.2. The molecule has 0 radical (unpaired) electrons. The minimum atomic E-state index is -1.62. The van der Waals surface area contributed by atoms with Crippen LogP contribution in [0.5, 0.6) is 0 Å². The molecule has 2 aromatic rings. The SMILES string of the molecule is C[Si](C)(C)OC(C#N)c1ccsc1.O=Cc1ccsc1. The van der Waals surface area contributed by atoms with E-state index in [-0.39, 0.29) is 6.10 Å². The van der Waals surface area contributed by atoms with Crippen LogP contribution in [-0.2, 0) is 4.43 Å². The Kier molecular flexibility index (Phi) is 6.82. The minimum absolute atomic E-state index is 0.377. The van der Waals surface area contributed by atoms with Gasteiger partial charge in [0.25, 0.3) is 0 Å². The highest BCUT2D eigenvalue weighted by molar-refractivity contribution is 7.08. The molecule has 0 amide bonds. The summed E-state index contributed by atoms with van der Waals surface area (Å²) in [5.41, 5.74) is 1.75. The summed E-state index contributed by atoms with van der Waals surface area (Å²) in [4.78, 5) is 9.87. The second kappa shape index (κ2) is 8.12. The molecule has 0 fully saturated rings. The highest BCUT2D eigenvalue weighted by Crippen LogP contribution is 2.23. The van der Waals surface area contributed by atoms with Gasteiger partial charge in [-0.25, -0.2) is 0 Å². The van der Waals surface area contributed by atoms with E-state index in [0.717, 1.165) is 17.4 Å². The van der Waals surface area contributed by atoms with Gasteiger partial charge < -0.3 is 4.43 Å². The van der Waals surface area contributed by atoms with Crippen molar-refractivity contribution < 1.29 is 9.22 Å². The maximum absolute atomic E-state index is 9.87. The quantitative estimate of drug-likeness (QED) is 0.604. The molecule has 0 aliphatic carbocycles. The third-order valence-corrected chi connectivity index (χ3v) is 4.46. The Hall–Kier alpha value is -1.26. The molecule has 0 saturated heterocycles. The molecule has 2 aromatic heterocycles. The molecule has 0 spiro atoms. The van der Waals surface area contributed by atoms with Gasteiger partial charge >= 0.3 is 0 Å². The Morgan fingerprint density at radius 3 is 2.25 bits per heavy atom. The van der Waals surface area contributed by atoms with E-state index < -0.39 is 8.32 Å². The molecule has 6 heteroatoms. The molecular weight excluding hydrogens is 306 g/mol. The maximum Gasteiger partial charge on any atom is 0.186 e. The topological polar surface area (TPSA) is 50.1 Å². The number of thiophene rings is 2. The fourth-order valence-electron chi connectivity index (χ4n) is 1.29. The van der Waals surface area contributed by atoms with E-state index in [0.29, 0.717) is 0 Å². The van der Waals surface area contributed by atoms with E-state index in [1.165, 1.54) is 11.3 Å². The third-order valence-electron chi connectivity index (χ3n) is 2.11. The van der Waals surface area contributed by atoms with Crippen LogP contribution >= 0.6 is 22.7 Å². The van der Waals surface area contributed by atoms with Gasteiger partial charge in [-0.05, 0) is 47.9 Å². The Labute approximate surface area is 128 Å². The van der Waals surface area contributed by atoms with Gasteiger partial charge in [0.05, 0.1) is 6.07 Å². The summed E-state index contributed by atoms with van der Waals surface area (Å²) in [6, 6.07) is 5.91. The van der Waals surface area contributed by atoms with Crippen molar-refractivity contribution in [2.24, 2.45) is 0 Å². The van der Waals surface area contributed by atoms with E-state index >= 15 is 0 Å². The van der Waals surface area contributed by atoms with Crippen LogP contribution in [0.4, 0.5) is 0 Å². The van der Waals surface area contributed by atoms with E-state index in [9.17, 15) is 4.79 Å². The second-order valence-corrected chi connectivity index (χ2v) is 11.0. The van der Waals surface area contributed by atoms with E-state index in [1.807, 2.05) is 27.6 Å². The first-order valence-electron chi connectivity index (χ1n) is 6.03. The number of rotatable bonds is 4. The van der Waals surface area contributed by atoms with Crippen LogP contribution in [0.25, 0.3) is 0 Å². The van der Waals surface area contributed by atoms with Crippen molar-refractivity contribution in [2.75, 3.05) is 0 Å². The number of nitriles is 1. The van der Waals surface area contributed by atoms with Crippen molar-refractivity contribution in [3.63, 3.8) is 0 Å². The Morgan fingerprint density at radius 2 is 1.90 bits per heavy atom. The molecule has 0 aromatic carbocycles. The van der Waals surface area contributed by atoms with Gasteiger partial charge in [0.2, 0.25) is 0 Å². The summed E-state index contributed by atoms with van der Waals surface area (Å²) in [6.07, 6.45) is 0.467. The number of carbonyl (C=O) groups excluding carboxylic acids is 1. The summed E-state index contributed by atoms with van der Waals surface area (Å²) in [7, 11) is -1.62. The van der Waals surface area contributed by atoms with Crippen molar-refractivity contribution >= 4 is 37.3 Å². The standard InChI is InChI=1S/C9H13NOSSi.C5H4OS/c1-13(2,3)11-9(6-10)8-4-5-12-7-8;6-3-5-1-2-7-4-5/h4-5,7,9H,1-3H3;1-4H. The van der Waals surface area contributed by atoms with Crippen molar-refractivity contribution in [1.82, 2.24) is 0 Å². The monoisotopic (exact) mass is 323 g/mol. The summed E-state index contributed by atoms with van der Waals surface area (Å²) >= 11 is 3.13. The van der Waals surface area contributed by atoms with Gasteiger partial charge in [-0.2, -0.15) is 27.9 Å². The van der Waals surface area contributed by atoms with Crippen molar-refractivity contribution in [3.05, 3.63) is 44.8 Å². The lowest BCUT2D eigenvalue weighted by Gasteiger charge is -2.20. The summed E-state index contributed by atoms with van der Waals surface area (Å²) in [5.74, 6) is 0. The van der Waals surface area contributed by atoms with Gasteiger partial charge in [-0.1, -0.05) is 0 Å². The normalized spacial score (nSPS) is 11.9. The van der Waals surface area contributed by atoms with Gasteiger partial charge in [0.1, 0.15) is 0 Å². The average Bonchev–Trinajstić information content (AvgIpc) is 3.08. The number of aldehydes is 1. The molecule has 0 saturated carbocycles. The summed E-state index contributed by atoms with van der Waals surface area (Å²) < 4.78 is 5.72. The predicted molar refractivity (Wildman–Crippen MR) is 86.8 cm³/mol. The molecule has 1 unspecified atom stereocenters. The average molecular weight is 324 g/mol. The first kappa shape index (κ1) is 16.8. The van der Waals surface area contributed by atoms with Crippen molar-refractivity contribution in [1.29, 1.82) is 5.26 Å². The number of hydrogen-bond acceptors (Lipinski definition) is 5. The van der Waals surface area contributed by atoms with Crippen LogP contribution in [0.2, 0.25) is 19.6 Å². The largest absolute Gasteiger partial charge is 0.399 e. The van der Waals surface area contributed by atoms with Crippen LogP contribution in [0.15, 0.2) is 33.7 Å². The van der Waals surface area contributed by atoms with Crippen LogP contribution < -0.4 is 0 Å². The second-order valence-electron chi connectivity index (χ2n) is 4.97. The molecular formula is C14H17NO2S2Si. The van der Waals surface area contributed by atoms with Crippen molar-refractivity contribution in [3.8, 4) is 6.07 Å². The molecule has 1 atom stereocenters. The summed E-state index contributed by atoms with van der Waals surface area (Å²) in [5, 5.41) is 16.5. The highest BCUT2D eigenvalue weighted by atomic mass is 32.1. The first-order valence-corrected chi connectivity index (χ1v) is 11.3. The van der Waals surface area contributed by atoms with E-state index in [4.69, 9.17) is 9.69 Å². The van der Waals surface area contributed by atoms with Crippen LogP contribution in [0.1, 0.15) is 22.0 Å². The molecule has 2 heterocycles. The molecule has 0 aliphatic rings. The molecule has 20 heavy (non-hydrogen) atoms. The Bertz CT molecular complexity index is 539. The van der Waals surface area contributed by atoms with Crippen molar-refractivity contribution in [2.45, 2.75) is 25.7 Å². The fraction of sp³-hybridized carbons (Fsp3) is 0.286. The van der Waals surface area contributed by atoms with E-state index in [1.54, 1.807) is 17.4 Å². The lowest BCUT2D eigenvalue weighted by molar-refractivity contribution is 0.112. The highest BCUT2D eigenvalue weighted by Gasteiger charge is 2.22. The van der Waals surface area contributed by atoms with Gasteiger partial charge in [-0.3, -0.25) is 4.79 Å². The fourth-order valence-corrected chi connectivity index (χ4v) is 3.46. The zero-order chi connectivity index (χ0) is 15.0. The smallest absolute Gasteiger partial charge is 0.186 e. The van der Waals surface area contributed by atoms with Crippen LogP contribution in [0.3, 0.4) is 0 Å². The third kappa shape index (κ3) is 6.26. The van der Waals surface area contributed by atoms with Gasteiger partial charge in [0.15, 0.2) is 20.7 Å². The zero-order valence-electron chi connectivity index (χ0n) is 11.7. The van der Waals surface area contributed by atoms with Gasteiger partial charge in [-0.15, -0.1) is 0 Å². The van der Waals surface area contributed by atoms with Crippen LogP contribution in [-0.4, -0.2) is 14.6 Å². The predicted octanol–water partition coefficient (Wildman–Crippen LogP) is 4.72. The lowest BCUT2D eigenvalue weighted by Crippen LogP contribution is -2.27. The Morgan fingerprint density at radius 1 is 1.25 bits per heavy atom. The molecule has 0 aliphatic heterocycles. The number of hydrogen-bond donors (Lipinski definition) is 0. The minimum Gasteiger partial charge on any atom is -0.399 e. The first-order chi connectivity index (χ1) is 9.46. The number of carbonyl (C=O) groups is 1. The Balaban J connectivity index is 0.000000240. The zero-order valence-corrected chi connectivity index (χ0v) is 14.3. The van der Waals surface area contributed by atoms with Crippen LogP contribution in [0, 0.1) is 11.3 Å². The number of nitrogens with zero attached hydrogens (tertiary/aromatic N) is 1. The molecule has 2 rings (SSSR count). The summed E-state index contributed by atoms with van der Waals surface area (Å²) in [6.45, 7) is 6.26. The maximum atomic E-state index is 9.87. The molecule has 3 nitrogen and oxygen atoms in total. The molecule has 0 bridgehead atoms. The molecule has 106 valence electrons.